The van der Waals surface area contributed by atoms with Gasteiger partial charge in [0.05, 0.1) is 0 Å². The Kier molecular flexibility index (Phi) is 3.31. The molecule has 3 nitrogen and oxygen atoms in total. The predicted octanol–water partition coefficient (Wildman–Crippen LogP) is 1.08. The Hall–Kier alpha value is -1.03. The van der Waals surface area contributed by atoms with Crippen molar-refractivity contribution in [2.24, 2.45) is 0 Å². The zero-order chi connectivity index (χ0) is 9.84. The van der Waals surface area contributed by atoms with Gasteiger partial charge in [-0.15, -0.1) is 0 Å². The molecule has 1 aliphatic heterocycles. The normalized spacial score (nSPS) is 15.6. The van der Waals surface area contributed by atoms with Crippen LogP contribution in [0.3, 0.4) is 0 Å². The number of hydrogen-bond acceptors (Lipinski definition) is 3. The van der Waals surface area contributed by atoms with Crippen molar-refractivity contribution in [2.45, 2.75) is 19.8 Å². The molecule has 1 aliphatic rings. The molecule has 0 aromatic rings. The quantitative estimate of drug-likeness (QED) is 0.500. The third-order valence-corrected chi connectivity index (χ3v) is 2.02. The van der Waals surface area contributed by atoms with Crippen LogP contribution in [-0.4, -0.2) is 28.1 Å². The smallest absolute Gasteiger partial charge is 0.253 e. The maximum atomic E-state index is 11.0. The SMILES string of the molecule is CC(=S)CCCN1C(=O)C=CC1=O. The zero-order valence-electron chi connectivity index (χ0n) is 7.45. The van der Waals surface area contributed by atoms with Crippen LogP contribution in [-0.2, 0) is 9.59 Å². The Bertz CT molecular complexity index is 265. The van der Waals surface area contributed by atoms with Crippen LogP contribution < -0.4 is 0 Å². The molecule has 0 N–H and O–H groups in total. The van der Waals surface area contributed by atoms with E-state index in [2.05, 4.69) is 0 Å². The lowest BCUT2D eigenvalue weighted by Gasteiger charge is -2.12. The molecule has 0 spiro atoms. The molecule has 0 unspecified atom stereocenters. The molecule has 2 amide bonds. The van der Waals surface area contributed by atoms with Crippen molar-refractivity contribution in [2.75, 3.05) is 6.54 Å². The highest BCUT2D eigenvalue weighted by atomic mass is 32.1. The molecule has 1 rings (SSSR count). The molecule has 0 radical (unpaired) electrons. The minimum absolute atomic E-state index is 0.216. The van der Waals surface area contributed by atoms with E-state index >= 15 is 0 Å². The molecule has 13 heavy (non-hydrogen) atoms. The first-order chi connectivity index (χ1) is 6.11. The number of amides is 2. The van der Waals surface area contributed by atoms with E-state index < -0.39 is 0 Å². The van der Waals surface area contributed by atoms with E-state index in [-0.39, 0.29) is 11.8 Å². The molecule has 0 saturated heterocycles. The van der Waals surface area contributed by atoms with Gasteiger partial charge in [0.1, 0.15) is 0 Å². The van der Waals surface area contributed by atoms with E-state index in [1.807, 2.05) is 6.92 Å². The van der Waals surface area contributed by atoms with Crippen LogP contribution in [0.2, 0.25) is 0 Å². The fourth-order valence-electron chi connectivity index (χ4n) is 1.14. The Balaban J connectivity index is 2.34. The lowest BCUT2D eigenvalue weighted by atomic mass is 10.2. The summed E-state index contributed by atoms with van der Waals surface area (Å²) in [5.74, 6) is -0.431. The van der Waals surface area contributed by atoms with Crippen LogP contribution in [0.5, 0.6) is 0 Å². The molecule has 70 valence electrons. The summed E-state index contributed by atoms with van der Waals surface area (Å²) < 4.78 is 0. The molecule has 4 heteroatoms. The topological polar surface area (TPSA) is 37.4 Å². The minimum atomic E-state index is -0.216. The summed E-state index contributed by atoms with van der Waals surface area (Å²) in [4.78, 5) is 24.2. The Morgan fingerprint density at radius 3 is 2.38 bits per heavy atom. The largest absolute Gasteiger partial charge is 0.275 e. The van der Waals surface area contributed by atoms with Crippen LogP contribution in [0, 0.1) is 0 Å². The second-order valence-electron chi connectivity index (χ2n) is 2.97. The van der Waals surface area contributed by atoms with Gasteiger partial charge in [0, 0.05) is 18.7 Å². The molecule has 0 bridgehead atoms. The van der Waals surface area contributed by atoms with Crippen molar-refractivity contribution < 1.29 is 9.59 Å². The molecular weight excluding hydrogens is 186 g/mol. The standard InChI is InChI=1S/C9H11NO2S/c1-7(13)3-2-6-10-8(11)4-5-9(10)12/h4-5H,2-3,6H2,1H3. The van der Waals surface area contributed by atoms with Crippen LogP contribution in [0.1, 0.15) is 19.8 Å². The molecule has 0 aliphatic carbocycles. The van der Waals surface area contributed by atoms with E-state index in [4.69, 9.17) is 12.2 Å². The van der Waals surface area contributed by atoms with E-state index in [1.165, 1.54) is 17.1 Å². The van der Waals surface area contributed by atoms with Crippen LogP contribution in [0.4, 0.5) is 0 Å². The van der Waals surface area contributed by atoms with Gasteiger partial charge in [0.15, 0.2) is 0 Å². The predicted molar refractivity (Wildman–Crippen MR) is 53.4 cm³/mol. The monoisotopic (exact) mass is 197 g/mol. The summed E-state index contributed by atoms with van der Waals surface area (Å²) in [6, 6.07) is 0. The number of thiocarbonyl (C=S) groups is 1. The fourth-order valence-corrected chi connectivity index (χ4v) is 1.28. The summed E-state index contributed by atoms with van der Waals surface area (Å²) in [7, 11) is 0. The first-order valence-corrected chi connectivity index (χ1v) is 4.55. The Morgan fingerprint density at radius 2 is 1.92 bits per heavy atom. The minimum Gasteiger partial charge on any atom is -0.275 e. The van der Waals surface area contributed by atoms with Crippen LogP contribution >= 0.6 is 12.2 Å². The number of carbonyl (C=O) groups excluding carboxylic acids is 2. The van der Waals surface area contributed by atoms with Gasteiger partial charge < -0.3 is 0 Å². The van der Waals surface area contributed by atoms with Gasteiger partial charge in [-0.25, -0.2) is 0 Å². The number of hydrogen-bond donors (Lipinski definition) is 0. The Labute approximate surface area is 82.4 Å². The second kappa shape index (κ2) is 4.28. The lowest BCUT2D eigenvalue weighted by molar-refractivity contribution is -0.136. The highest BCUT2D eigenvalue weighted by molar-refractivity contribution is 7.80. The van der Waals surface area contributed by atoms with E-state index in [1.54, 1.807) is 0 Å². The summed E-state index contributed by atoms with van der Waals surface area (Å²) in [6.07, 6.45) is 4.14. The molecule has 0 aromatic heterocycles. The van der Waals surface area contributed by atoms with E-state index in [0.29, 0.717) is 6.54 Å². The van der Waals surface area contributed by atoms with Crippen LogP contribution in [0.25, 0.3) is 0 Å². The first kappa shape index (κ1) is 10.1. The average Bonchev–Trinajstić information content (AvgIpc) is 2.34. The zero-order valence-corrected chi connectivity index (χ0v) is 8.26. The number of rotatable bonds is 4. The maximum absolute atomic E-state index is 11.0. The van der Waals surface area contributed by atoms with Crippen LogP contribution in [0.15, 0.2) is 12.2 Å². The van der Waals surface area contributed by atoms with Crippen molar-refractivity contribution in [3.63, 3.8) is 0 Å². The molecule has 0 saturated carbocycles. The van der Waals surface area contributed by atoms with E-state index in [9.17, 15) is 9.59 Å². The van der Waals surface area contributed by atoms with Gasteiger partial charge in [0.2, 0.25) is 0 Å². The maximum Gasteiger partial charge on any atom is 0.253 e. The van der Waals surface area contributed by atoms with Gasteiger partial charge in [-0.2, -0.15) is 0 Å². The number of carbonyl (C=O) groups is 2. The van der Waals surface area contributed by atoms with Gasteiger partial charge in [-0.3, -0.25) is 14.5 Å². The highest BCUT2D eigenvalue weighted by Gasteiger charge is 2.22. The van der Waals surface area contributed by atoms with Crippen molar-refractivity contribution in [3.8, 4) is 0 Å². The van der Waals surface area contributed by atoms with Gasteiger partial charge in [-0.05, 0) is 24.6 Å². The van der Waals surface area contributed by atoms with Crippen molar-refractivity contribution in [3.05, 3.63) is 12.2 Å². The van der Waals surface area contributed by atoms with Crippen molar-refractivity contribution in [1.82, 2.24) is 4.90 Å². The lowest BCUT2D eigenvalue weighted by Crippen LogP contribution is -2.31. The fraction of sp³-hybridized carbons (Fsp3) is 0.444. The molecular formula is C9H11NO2S. The van der Waals surface area contributed by atoms with Gasteiger partial charge >= 0.3 is 0 Å². The number of imide groups is 1. The van der Waals surface area contributed by atoms with Crippen molar-refractivity contribution >= 4 is 28.9 Å². The third-order valence-electron chi connectivity index (χ3n) is 1.81. The molecule has 1 heterocycles. The van der Waals surface area contributed by atoms with Gasteiger partial charge in [-0.1, -0.05) is 12.2 Å². The second-order valence-corrected chi connectivity index (χ2v) is 3.66. The Morgan fingerprint density at radius 1 is 1.38 bits per heavy atom. The summed E-state index contributed by atoms with van der Waals surface area (Å²) >= 11 is 4.89. The van der Waals surface area contributed by atoms with Crippen molar-refractivity contribution in [1.29, 1.82) is 0 Å². The molecule has 0 atom stereocenters. The molecule has 0 fully saturated rings. The highest BCUT2D eigenvalue weighted by Crippen LogP contribution is 2.05. The average molecular weight is 197 g/mol. The summed E-state index contributed by atoms with van der Waals surface area (Å²) in [6.45, 7) is 2.33. The summed E-state index contributed by atoms with van der Waals surface area (Å²) in [5.41, 5.74) is 0. The third kappa shape index (κ3) is 2.73. The first-order valence-electron chi connectivity index (χ1n) is 4.14. The molecule has 0 aromatic carbocycles. The number of nitrogens with zero attached hydrogens (tertiary/aromatic N) is 1. The summed E-state index contributed by atoms with van der Waals surface area (Å²) in [5, 5.41) is 0. The van der Waals surface area contributed by atoms with Gasteiger partial charge in [0.25, 0.3) is 11.8 Å². The van der Waals surface area contributed by atoms with E-state index in [0.717, 1.165) is 17.7 Å².